The van der Waals surface area contributed by atoms with Crippen molar-refractivity contribution in [3.8, 4) is 0 Å². The lowest BCUT2D eigenvalue weighted by molar-refractivity contribution is 0.0723. The summed E-state index contributed by atoms with van der Waals surface area (Å²) in [5.41, 5.74) is 1.16. The molecule has 1 fully saturated rings. The first-order valence-electron chi connectivity index (χ1n) is 9.16. The van der Waals surface area contributed by atoms with Gasteiger partial charge in [0.1, 0.15) is 11.6 Å². The van der Waals surface area contributed by atoms with Crippen LogP contribution in [-0.4, -0.2) is 53.9 Å². The highest BCUT2D eigenvalue weighted by Crippen LogP contribution is 2.19. The lowest BCUT2D eigenvalue weighted by Crippen LogP contribution is -2.42. The average Bonchev–Trinajstić information content (AvgIpc) is 3.06. The second kappa shape index (κ2) is 8.45. The zero-order valence-corrected chi connectivity index (χ0v) is 15.4. The van der Waals surface area contributed by atoms with E-state index < -0.39 is 0 Å². The average molecular weight is 359 g/mol. The smallest absolute Gasteiger partial charge is 0.275 e. The summed E-state index contributed by atoms with van der Waals surface area (Å²) in [6.45, 7) is 5.26. The molecule has 2 aromatic rings. The van der Waals surface area contributed by atoms with Crippen molar-refractivity contribution in [2.24, 2.45) is 5.92 Å². The van der Waals surface area contributed by atoms with Gasteiger partial charge in [0.15, 0.2) is 12.1 Å². The van der Waals surface area contributed by atoms with Crippen molar-refractivity contribution in [1.82, 2.24) is 14.8 Å². The lowest BCUT2D eigenvalue weighted by Gasteiger charge is -2.34. The fourth-order valence-corrected chi connectivity index (χ4v) is 3.64. The van der Waals surface area contributed by atoms with E-state index in [0.717, 1.165) is 38.0 Å². The number of carbonyl (C=O) groups excluding carboxylic acids is 1. The summed E-state index contributed by atoms with van der Waals surface area (Å²) in [6, 6.07) is 6.97. The Morgan fingerprint density at radius 3 is 2.96 bits per heavy atom. The Labute approximate surface area is 153 Å². The van der Waals surface area contributed by atoms with Gasteiger partial charge in [0, 0.05) is 26.7 Å². The first kappa shape index (κ1) is 18.6. The molecule has 0 unspecified atom stereocenters. The van der Waals surface area contributed by atoms with Gasteiger partial charge in [-0.15, -0.1) is 0 Å². The Hall–Kier alpha value is -2.21. The van der Waals surface area contributed by atoms with Crippen LogP contribution in [-0.2, 0) is 6.42 Å². The molecule has 1 atom stereocenters. The molecule has 0 N–H and O–H groups in total. The van der Waals surface area contributed by atoms with E-state index in [4.69, 9.17) is 4.42 Å². The van der Waals surface area contributed by atoms with Gasteiger partial charge in [-0.05, 0) is 50.3 Å². The Morgan fingerprint density at radius 2 is 2.23 bits per heavy atom. The number of benzene rings is 1. The van der Waals surface area contributed by atoms with Crippen molar-refractivity contribution in [2.45, 2.75) is 26.2 Å². The summed E-state index contributed by atoms with van der Waals surface area (Å²) in [4.78, 5) is 20.6. The van der Waals surface area contributed by atoms with E-state index in [-0.39, 0.29) is 11.7 Å². The topological polar surface area (TPSA) is 49.6 Å². The molecule has 2 heterocycles. The monoisotopic (exact) mass is 359 g/mol. The quantitative estimate of drug-likeness (QED) is 0.795. The third-order valence-electron chi connectivity index (χ3n) is 5.08. The molecule has 1 amide bonds. The van der Waals surface area contributed by atoms with Crippen molar-refractivity contribution in [3.63, 3.8) is 0 Å². The van der Waals surface area contributed by atoms with E-state index in [9.17, 15) is 9.18 Å². The van der Waals surface area contributed by atoms with Crippen LogP contribution in [0.2, 0.25) is 0 Å². The number of carbonyl (C=O) groups is 1. The van der Waals surface area contributed by atoms with Gasteiger partial charge in [0.2, 0.25) is 0 Å². The lowest BCUT2D eigenvalue weighted by atomic mass is 9.97. The van der Waals surface area contributed by atoms with Gasteiger partial charge >= 0.3 is 0 Å². The van der Waals surface area contributed by atoms with Crippen LogP contribution < -0.4 is 0 Å². The second-order valence-electron chi connectivity index (χ2n) is 7.09. The predicted octanol–water partition coefficient (Wildman–Crippen LogP) is 3.15. The van der Waals surface area contributed by atoms with Crippen molar-refractivity contribution >= 4 is 5.91 Å². The molecule has 1 aromatic carbocycles. The fraction of sp³-hybridized carbons (Fsp3) is 0.500. The molecule has 1 aliphatic rings. The molecule has 0 saturated carbocycles. The zero-order valence-electron chi connectivity index (χ0n) is 15.4. The van der Waals surface area contributed by atoms with Crippen LogP contribution in [0.5, 0.6) is 0 Å². The molecule has 26 heavy (non-hydrogen) atoms. The maximum atomic E-state index is 13.8. The van der Waals surface area contributed by atoms with E-state index in [1.165, 1.54) is 12.5 Å². The summed E-state index contributed by atoms with van der Waals surface area (Å²) in [7, 11) is 1.81. The number of piperidine rings is 1. The minimum absolute atomic E-state index is 0.0975. The van der Waals surface area contributed by atoms with Crippen molar-refractivity contribution in [3.05, 3.63) is 53.5 Å². The first-order chi connectivity index (χ1) is 12.5. The van der Waals surface area contributed by atoms with Gasteiger partial charge in [0.05, 0.1) is 0 Å². The fourth-order valence-electron chi connectivity index (χ4n) is 3.64. The molecular weight excluding hydrogens is 333 g/mol. The zero-order chi connectivity index (χ0) is 18.5. The molecule has 3 rings (SSSR count). The Bertz CT molecular complexity index is 746. The number of hydrogen-bond acceptors (Lipinski definition) is 4. The van der Waals surface area contributed by atoms with Crippen LogP contribution in [0.15, 0.2) is 35.1 Å². The number of aryl methyl sites for hydroxylation is 1. The van der Waals surface area contributed by atoms with Crippen molar-refractivity contribution < 1.29 is 13.6 Å². The molecule has 140 valence electrons. The maximum Gasteiger partial charge on any atom is 0.275 e. The largest absolute Gasteiger partial charge is 0.448 e. The standard InChI is InChI=1S/C20H26FN3O2/c1-15-19(22-14-26-15)20(25)23(2)12-16-6-5-10-24(13-16)11-9-17-7-3-4-8-18(17)21/h3-4,7-8,14,16H,5-6,9-13H2,1-2H3/t16-/m1/s1. The van der Waals surface area contributed by atoms with Crippen LogP contribution in [0.3, 0.4) is 0 Å². The minimum Gasteiger partial charge on any atom is -0.448 e. The van der Waals surface area contributed by atoms with Crippen LogP contribution in [0.1, 0.15) is 34.7 Å². The number of rotatable bonds is 6. The predicted molar refractivity (Wildman–Crippen MR) is 97.5 cm³/mol. The SMILES string of the molecule is Cc1ocnc1C(=O)N(C)C[C@H]1CCCN(CCc2ccccc2F)C1. The van der Waals surface area contributed by atoms with Gasteiger partial charge in [-0.3, -0.25) is 4.79 Å². The third kappa shape index (κ3) is 4.49. The summed E-state index contributed by atoms with van der Waals surface area (Å²) < 4.78 is 18.9. The number of likely N-dealkylation sites (tertiary alicyclic amines) is 1. The molecule has 1 saturated heterocycles. The molecule has 5 nitrogen and oxygen atoms in total. The van der Waals surface area contributed by atoms with E-state index in [2.05, 4.69) is 9.88 Å². The highest BCUT2D eigenvalue weighted by Gasteiger charge is 2.25. The Morgan fingerprint density at radius 1 is 1.42 bits per heavy atom. The summed E-state index contributed by atoms with van der Waals surface area (Å²) in [5.74, 6) is 0.747. The molecule has 0 aliphatic carbocycles. The Balaban J connectivity index is 1.51. The van der Waals surface area contributed by atoms with Gasteiger partial charge in [-0.25, -0.2) is 9.37 Å². The van der Waals surface area contributed by atoms with E-state index in [0.29, 0.717) is 30.3 Å². The van der Waals surface area contributed by atoms with E-state index in [1.807, 2.05) is 19.2 Å². The van der Waals surface area contributed by atoms with Gasteiger partial charge in [0.25, 0.3) is 5.91 Å². The number of hydrogen-bond donors (Lipinski definition) is 0. The molecule has 6 heteroatoms. The number of oxazole rings is 1. The first-order valence-corrected chi connectivity index (χ1v) is 9.16. The molecule has 0 radical (unpaired) electrons. The van der Waals surface area contributed by atoms with Crippen molar-refractivity contribution in [1.29, 1.82) is 0 Å². The normalized spacial score (nSPS) is 18.0. The van der Waals surface area contributed by atoms with Gasteiger partial charge in [-0.2, -0.15) is 0 Å². The number of aromatic nitrogens is 1. The second-order valence-corrected chi connectivity index (χ2v) is 7.09. The summed E-state index contributed by atoms with van der Waals surface area (Å²) >= 11 is 0. The Kier molecular flexibility index (Phi) is 6.04. The molecule has 1 aliphatic heterocycles. The summed E-state index contributed by atoms with van der Waals surface area (Å²) in [5, 5.41) is 0. The molecule has 1 aromatic heterocycles. The minimum atomic E-state index is -0.130. The number of nitrogens with zero attached hydrogens (tertiary/aromatic N) is 3. The van der Waals surface area contributed by atoms with E-state index >= 15 is 0 Å². The highest BCUT2D eigenvalue weighted by molar-refractivity contribution is 5.92. The van der Waals surface area contributed by atoms with E-state index in [1.54, 1.807) is 17.9 Å². The summed E-state index contributed by atoms with van der Waals surface area (Å²) in [6.07, 6.45) is 4.23. The molecule has 0 spiro atoms. The maximum absolute atomic E-state index is 13.8. The third-order valence-corrected chi connectivity index (χ3v) is 5.08. The molecule has 0 bridgehead atoms. The number of amides is 1. The van der Waals surface area contributed by atoms with Crippen molar-refractivity contribution in [2.75, 3.05) is 33.2 Å². The van der Waals surface area contributed by atoms with Gasteiger partial charge in [-0.1, -0.05) is 18.2 Å². The molecular formula is C20H26FN3O2. The van der Waals surface area contributed by atoms with Gasteiger partial charge < -0.3 is 14.2 Å². The highest BCUT2D eigenvalue weighted by atomic mass is 19.1. The van der Waals surface area contributed by atoms with Crippen LogP contribution >= 0.6 is 0 Å². The van der Waals surface area contributed by atoms with Crippen LogP contribution in [0.4, 0.5) is 4.39 Å². The van der Waals surface area contributed by atoms with Crippen LogP contribution in [0, 0.1) is 18.7 Å². The number of halogens is 1. The van der Waals surface area contributed by atoms with Crippen LogP contribution in [0.25, 0.3) is 0 Å².